The van der Waals surface area contributed by atoms with Gasteiger partial charge in [-0.3, -0.25) is 9.79 Å². The van der Waals surface area contributed by atoms with Gasteiger partial charge in [-0.25, -0.2) is 0 Å². The van der Waals surface area contributed by atoms with Crippen molar-refractivity contribution in [1.82, 2.24) is 0 Å². The van der Waals surface area contributed by atoms with Crippen molar-refractivity contribution in [1.29, 1.82) is 0 Å². The third-order valence-electron chi connectivity index (χ3n) is 3.95. The van der Waals surface area contributed by atoms with Crippen LogP contribution in [0, 0.1) is 0 Å². The van der Waals surface area contributed by atoms with Crippen LogP contribution >= 0.6 is 11.6 Å². The number of hydrogen-bond acceptors (Lipinski definition) is 2. The van der Waals surface area contributed by atoms with Crippen LogP contribution in [0.25, 0.3) is 5.57 Å². The number of carbonyl (C=O) groups is 1. The third kappa shape index (κ3) is 2.12. The summed E-state index contributed by atoms with van der Waals surface area (Å²) in [5, 5.41) is 0.658. The summed E-state index contributed by atoms with van der Waals surface area (Å²) in [5.74, 6) is 0.144. The van der Waals surface area contributed by atoms with E-state index in [0.29, 0.717) is 11.4 Å². The van der Waals surface area contributed by atoms with Gasteiger partial charge in [0.05, 0.1) is 5.69 Å². The van der Waals surface area contributed by atoms with Crippen molar-refractivity contribution in [2.75, 3.05) is 0 Å². The van der Waals surface area contributed by atoms with Crippen molar-refractivity contribution in [3.8, 4) is 0 Å². The summed E-state index contributed by atoms with van der Waals surface area (Å²) in [4.78, 5) is 16.8. The summed E-state index contributed by atoms with van der Waals surface area (Å²) >= 11 is 6.06. The van der Waals surface area contributed by atoms with Crippen molar-refractivity contribution in [3.05, 3.63) is 70.3 Å². The van der Waals surface area contributed by atoms with Crippen LogP contribution in [0.1, 0.15) is 16.7 Å². The molecule has 1 aliphatic heterocycles. The van der Waals surface area contributed by atoms with E-state index >= 15 is 0 Å². The monoisotopic (exact) mass is 293 g/mol. The van der Waals surface area contributed by atoms with E-state index in [9.17, 15) is 4.79 Å². The number of Topliss-reactive ketones (excluding diaryl/α,β-unsaturated/α-hetero) is 1. The first-order valence-corrected chi connectivity index (χ1v) is 7.28. The van der Waals surface area contributed by atoms with Crippen molar-refractivity contribution < 1.29 is 4.79 Å². The molecule has 2 aromatic rings. The number of aliphatic imine (C=N–C) groups is 1. The van der Waals surface area contributed by atoms with E-state index in [4.69, 9.17) is 11.6 Å². The number of benzene rings is 2. The lowest BCUT2D eigenvalue weighted by Crippen LogP contribution is -1.99. The number of hydrogen-bond donors (Lipinski definition) is 0. The first kappa shape index (κ1) is 12.5. The quantitative estimate of drug-likeness (QED) is 0.725. The van der Waals surface area contributed by atoms with Gasteiger partial charge in [0.2, 0.25) is 0 Å². The Morgan fingerprint density at radius 3 is 2.76 bits per heavy atom. The maximum absolute atomic E-state index is 12.2. The molecule has 2 aliphatic rings. The molecule has 0 atom stereocenters. The molecule has 0 fully saturated rings. The highest BCUT2D eigenvalue weighted by Crippen LogP contribution is 2.33. The highest BCUT2D eigenvalue weighted by atomic mass is 35.5. The molecule has 0 saturated carbocycles. The van der Waals surface area contributed by atoms with Crippen LogP contribution < -0.4 is 0 Å². The Morgan fingerprint density at radius 1 is 1.05 bits per heavy atom. The Balaban J connectivity index is 1.76. The van der Waals surface area contributed by atoms with E-state index in [2.05, 4.69) is 11.1 Å². The summed E-state index contributed by atoms with van der Waals surface area (Å²) in [6.45, 7) is 0. The van der Waals surface area contributed by atoms with Gasteiger partial charge in [0.15, 0.2) is 5.78 Å². The Kier molecular flexibility index (Phi) is 2.79. The van der Waals surface area contributed by atoms with Gasteiger partial charge < -0.3 is 0 Å². The molecule has 2 nitrogen and oxygen atoms in total. The maximum atomic E-state index is 12.2. The molecule has 0 aromatic heterocycles. The third-order valence-corrected chi connectivity index (χ3v) is 4.19. The Labute approximate surface area is 127 Å². The molecule has 0 N–H and O–H groups in total. The molecule has 102 valence electrons. The van der Waals surface area contributed by atoms with E-state index in [-0.39, 0.29) is 5.78 Å². The van der Waals surface area contributed by atoms with Gasteiger partial charge in [-0.05, 0) is 41.0 Å². The Hall–Kier alpha value is -2.19. The molecule has 2 aromatic carbocycles. The van der Waals surface area contributed by atoms with Crippen molar-refractivity contribution in [3.63, 3.8) is 0 Å². The van der Waals surface area contributed by atoms with Crippen LogP contribution in [-0.4, -0.2) is 11.5 Å². The Bertz CT molecular complexity index is 833. The van der Waals surface area contributed by atoms with Gasteiger partial charge in [0.25, 0.3) is 0 Å². The molecular formula is C18H12ClNO. The summed E-state index contributed by atoms with van der Waals surface area (Å²) in [6.07, 6.45) is 3.16. The van der Waals surface area contributed by atoms with Crippen molar-refractivity contribution in [2.24, 2.45) is 4.99 Å². The zero-order valence-electron chi connectivity index (χ0n) is 11.3. The summed E-state index contributed by atoms with van der Waals surface area (Å²) in [7, 11) is 0. The van der Waals surface area contributed by atoms with E-state index in [1.54, 1.807) is 0 Å². The average Bonchev–Trinajstić information content (AvgIpc) is 3.01. The smallest absolute Gasteiger partial charge is 0.167 e. The van der Waals surface area contributed by atoms with Gasteiger partial charge >= 0.3 is 0 Å². The summed E-state index contributed by atoms with van der Waals surface area (Å²) in [5.41, 5.74) is 5.88. The molecule has 1 heterocycles. The number of halogens is 1. The molecule has 1 aliphatic carbocycles. The molecular weight excluding hydrogens is 282 g/mol. The zero-order valence-corrected chi connectivity index (χ0v) is 12.0. The predicted molar refractivity (Wildman–Crippen MR) is 85.4 cm³/mol. The van der Waals surface area contributed by atoms with Crippen LogP contribution in [0.15, 0.2) is 53.5 Å². The molecule has 0 radical (unpaired) electrons. The lowest BCUT2D eigenvalue weighted by Gasteiger charge is -2.01. The number of carbonyl (C=O) groups excluding carboxylic acids is 1. The number of fused-ring (bicyclic) bond motifs is 2. The highest BCUT2D eigenvalue weighted by Gasteiger charge is 2.25. The van der Waals surface area contributed by atoms with Crippen LogP contribution in [0.5, 0.6) is 0 Å². The lowest BCUT2D eigenvalue weighted by atomic mass is 10.0. The SMILES string of the molecule is O=C1Cc2ccc(Cl)cc2/C1=C/C1=Nc2ccccc2C1. The molecule has 0 unspecified atom stereocenters. The molecule has 0 bridgehead atoms. The number of rotatable bonds is 1. The summed E-state index contributed by atoms with van der Waals surface area (Å²) < 4.78 is 0. The molecule has 0 saturated heterocycles. The highest BCUT2D eigenvalue weighted by molar-refractivity contribution is 6.33. The topological polar surface area (TPSA) is 29.4 Å². The second kappa shape index (κ2) is 4.68. The lowest BCUT2D eigenvalue weighted by molar-refractivity contribution is -0.112. The van der Waals surface area contributed by atoms with Gasteiger partial charge in [-0.15, -0.1) is 0 Å². The van der Waals surface area contributed by atoms with Crippen LogP contribution in [0.2, 0.25) is 5.02 Å². The van der Waals surface area contributed by atoms with E-state index in [1.165, 1.54) is 5.56 Å². The fraction of sp³-hybridized carbons (Fsp3) is 0.111. The van der Waals surface area contributed by atoms with Crippen LogP contribution in [0.4, 0.5) is 5.69 Å². The van der Waals surface area contributed by atoms with Gasteiger partial charge in [0, 0.05) is 29.1 Å². The fourth-order valence-electron chi connectivity index (χ4n) is 2.94. The number of para-hydroxylation sites is 1. The second-order valence-corrected chi connectivity index (χ2v) is 5.80. The second-order valence-electron chi connectivity index (χ2n) is 5.37. The fourth-order valence-corrected chi connectivity index (χ4v) is 3.11. The largest absolute Gasteiger partial charge is 0.294 e. The van der Waals surface area contributed by atoms with Crippen LogP contribution in [-0.2, 0) is 17.6 Å². The van der Waals surface area contributed by atoms with Crippen molar-refractivity contribution >= 4 is 34.4 Å². The predicted octanol–water partition coefficient (Wildman–Crippen LogP) is 4.18. The normalized spacial score (nSPS) is 17.9. The van der Waals surface area contributed by atoms with E-state index < -0.39 is 0 Å². The van der Waals surface area contributed by atoms with Crippen LogP contribution in [0.3, 0.4) is 0 Å². The first-order chi connectivity index (χ1) is 10.2. The van der Waals surface area contributed by atoms with Gasteiger partial charge in [-0.1, -0.05) is 35.9 Å². The molecule has 4 rings (SSSR count). The number of allylic oxidation sites excluding steroid dienone is 2. The number of nitrogens with zero attached hydrogens (tertiary/aromatic N) is 1. The first-order valence-electron chi connectivity index (χ1n) is 6.90. The maximum Gasteiger partial charge on any atom is 0.167 e. The molecule has 0 spiro atoms. The Morgan fingerprint density at radius 2 is 1.90 bits per heavy atom. The van der Waals surface area contributed by atoms with Gasteiger partial charge in [0.1, 0.15) is 0 Å². The standard InChI is InChI=1S/C18H12ClNO/c19-13-6-5-11-8-18(21)16(15(11)9-13)10-14-7-12-3-1-2-4-17(12)20-14/h1-6,9-10H,7-8H2/b16-10-. The van der Waals surface area contributed by atoms with E-state index in [0.717, 1.165) is 34.5 Å². The average molecular weight is 294 g/mol. The minimum atomic E-state index is 0.144. The number of ketones is 1. The molecule has 3 heteroatoms. The van der Waals surface area contributed by atoms with Gasteiger partial charge in [-0.2, -0.15) is 0 Å². The van der Waals surface area contributed by atoms with E-state index in [1.807, 2.05) is 42.5 Å². The molecule has 0 amide bonds. The summed E-state index contributed by atoms with van der Waals surface area (Å²) in [6, 6.07) is 13.7. The minimum absolute atomic E-state index is 0.144. The molecule has 21 heavy (non-hydrogen) atoms. The minimum Gasteiger partial charge on any atom is -0.294 e. The zero-order chi connectivity index (χ0) is 14.4. The van der Waals surface area contributed by atoms with Crippen molar-refractivity contribution in [2.45, 2.75) is 12.8 Å².